The number of ether oxygens (including phenoxy) is 1. The summed E-state index contributed by atoms with van der Waals surface area (Å²) in [6.07, 6.45) is 2.12. The molecule has 0 unspecified atom stereocenters. The van der Waals surface area contributed by atoms with Gasteiger partial charge < -0.3 is 10.1 Å². The highest BCUT2D eigenvalue weighted by atomic mass is 35.5. The van der Waals surface area contributed by atoms with E-state index in [1.54, 1.807) is 7.11 Å². The molecule has 0 aliphatic rings. The third kappa shape index (κ3) is 5.20. The van der Waals surface area contributed by atoms with E-state index >= 15 is 0 Å². The van der Waals surface area contributed by atoms with Crippen molar-refractivity contribution >= 4 is 23.2 Å². The van der Waals surface area contributed by atoms with Gasteiger partial charge in [-0.05, 0) is 55.2 Å². The molecule has 0 saturated carbocycles. The zero-order chi connectivity index (χ0) is 15.9. The lowest BCUT2D eigenvalue weighted by molar-refractivity contribution is 0.414. The average Bonchev–Trinajstić information content (AvgIpc) is 2.54. The lowest BCUT2D eigenvalue weighted by atomic mass is 10.1. The zero-order valence-electron chi connectivity index (χ0n) is 12.9. The normalized spacial score (nSPS) is 12.2. The third-order valence-electron chi connectivity index (χ3n) is 3.66. The maximum absolute atomic E-state index is 6.03. The van der Waals surface area contributed by atoms with Crippen molar-refractivity contribution < 1.29 is 4.74 Å². The monoisotopic (exact) mass is 337 g/mol. The Morgan fingerprint density at radius 3 is 2.32 bits per heavy atom. The molecule has 2 aromatic rings. The number of nitrogens with one attached hydrogen (secondary N) is 1. The van der Waals surface area contributed by atoms with Crippen LogP contribution in [0.5, 0.6) is 5.75 Å². The Kier molecular flexibility index (Phi) is 6.56. The van der Waals surface area contributed by atoms with E-state index in [1.807, 2.05) is 30.3 Å². The number of aryl methyl sites for hydroxylation is 1. The van der Waals surface area contributed by atoms with Crippen molar-refractivity contribution in [1.82, 2.24) is 5.32 Å². The Morgan fingerprint density at radius 2 is 1.68 bits per heavy atom. The van der Waals surface area contributed by atoms with Crippen molar-refractivity contribution in [3.8, 4) is 5.75 Å². The van der Waals surface area contributed by atoms with Crippen LogP contribution >= 0.6 is 23.2 Å². The molecule has 118 valence electrons. The molecule has 1 atom stereocenters. The zero-order valence-corrected chi connectivity index (χ0v) is 14.4. The Bertz CT molecular complexity index is 599. The van der Waals surface area contributed by atoms with Crippen molar-refractivity contribution in [2.45, 2.75) is 32.4 Å². The minimum atomic E-state index is 0.427. The lowest BCUT2D eigenvalue weighted by Gasteiger charge is -2.14. The third-order valence-corrected chi connectivity index (χ3v) is 4.40. The molecular weight excluding hydrogens is 317 g/mol. The van der Waals surface area contributed by atoms with Crippen LogP contribution in [0.15, 0.2) is 42.5 Å². The van der Waals surface area contributed by atoms with Crippen LogP contribution in [0.2, 0.25) is 10.0 Å². The highest BCUT2D eigenvalue weighted by Gasteiger charge is 2.04. The summed E-state index contributed by atoms with van der Waals surface area (Å²) in [5.41, 5.74) is 2.47. The van der Waals surface area contributed by atoms with E-state index in [0.717, 1.165) is 30.7 Å². The van der Waals surface area contributed by atoms with Gasteiger partial charge in [-0.1, -0.05) is 41.4 Å². The van der Waals surface area contributed by atoms with Crippen molar-refractivity contribution in [3.05, 3.63) is 63.6 Å². The van der Waals surface area contributed by atoms with Crippen LogP contribution in [-0.2, 0) is 13.0 Å². The topological polar surface area (TPSA) is 21.3 Å². The molecule has 2 aromatic carbocycles. The van der Waals surface area contributed by atoms with E-state index in [2.05, 4.69) is 24.4 Å². The van der Waals surface area contributed by atoms with Gasteiger partial charge in [0.25, 0.3) is 0 Å². The molecule has 0 saturated heterocycles. The molecule has 0 aliphatic heterocycles. The highest BCUT2D eigenvalue weighted by Crippen LogP contribution is 2.22. The molecule has 0 amide bonds. The number of halogens is 2. The summed E-state index contributed by atoms with van der Waals surface area (Å²) < 4.78 is 5.17. The second kappa shape index (κ2) is 8.42. The van der Waals surface area contributed by atoms with Crippen LogP contribution in [0, 0.1) is 0 Å². The fourth-order valence-corrected chi connectivity index (χ4v) is 2.54. The van der Waals surface area contributed by atoms with Crippen molar-refractivity contribution in [1.29, 1.82) is 0 Å². The minimum absolute atomic E-state index is 0.427. The largest absolute Gasteiger partial charge is 0.497 e. The summed E-state index contributed by atoms with van der Waals surface area (Å²) in [7, 11) is 1.68. The fraction of sp³-hybridized carbons (Fsp3) is 0.333. The minimum Gasteiger partial charge on any atom is -0.497 e. The highest BCUT2D eigenvalue weighted by molar-refractivity contribution is 6.42. The van der Waals surface area contributed by atoms with E-state index in [1.165, 1.54) is 5.56 Å². The van der Waals surface area contributed by atoms with Gasteiger partial charge in [0.05, 0.1) is 17.2 Å². The van der Waals surface area contributed by atoms with E-state index in [9.17, 15) is 0 Å². The second-order valence-corrected chi connectivity index (χ2v) is 6.23. The Morgan fingerprint density at radius 1 is 1.00 bits per heavy atom. The van der Waals surface area contributed by atoms with Crippen molar-refractivity contribution in [2.75, 3.05) is 7.11 Å². The molecule has 2 nitrogen and oxygen atoms in total. The van der Waals surface area contributed by atoms with Gasteiger partial charge in [-0.15, -0.1) is 0 Å². The number of hydrogen-bond donors (Lipinski definition) is 1. The van der Waals surface area contributed by atoms with Gasteiger partial charge in [-0.3, -0.25) is 0 Å². The molecule has 0 heterocycles. The van der Waals surface area contributed by atoms with Crippen LogP contribution in [-0.4, -0.2) is 13.2 Å². The van der Waals surface area contributed by atoms with Crippen LogP contribution in [0.1, 0.15) is 24.5 Å². The predicted molar refractivity (Wildman–Crippen MR) is 94.1 cm³/mol. The van der Waals surface area contributed by atoms with Crippen molar-refractivity contribution in [2.24, 2.45) is 0 Å². The standard InChI is InChI=1S/C18H21Cl2NO/c1-13(3-4-14-5-8-16(22-2)9-6-14)21-12-15-7-10-17(19)18(20)11-15/h5-11,13,21H,3-4,12H2,1-2H3/t13-/m0/s1. The second-order valence-electron chi connectivity index (χ2n) is 5.42. The summed E-state index contributed by atoms with van der Waals surface area (Å²) in [5, 5.41) is 4.71. The first kappa shape index (κ1) is 17.1. The molecule has 0 bridgehead atoms. The van der Waals surface area contributed by atoms with E-state index in [-0.39, 0.29) is 0 Å². The Labute approximate surface area is 142 Å². The summed E-state index contributed by atoms with van der Waals surface area (Å²) >= 11 is 11.9. The van der Waals surface area contributed by atoms with Gasteiger partial charge in [-0.2, -0.15) is 0 Å². The smallest absolute Gasteiger partial charge is 0.118 e. The Hall–Kier alpha value is -1.22. The molecule has 0 spiro atoms. The maximum Gasteiger partial charge on any atom is 0.118 e. The van der Waals surface area contributed by atoms with E-state index in [4.69, 9.17) is 27.9 Å². The first-order chi connectivity index (χ1) is 10.6. The summed E-state index contributed by atoms with van der Waals surface area (Å²) in [6.45, 7) is 2.99. The molecule has 22 heavy (non-hydrogen) atoms. The number of methoxy groups -OCH3 is 1. The van der Waals surface area contributed by atoms with E-state index in [0.29, 0.717) is 16.1 Å². The lowest BCUT2D eigenvalue weighted by Crippen LogP contribution is -2.25. The first-order valence-electron chi connectivity index (χ1n) is 7.38. The van der Waals surface area contributed by atoms with Gasteiger partial charge in [0.2, 0.25) is 0 Å². The summed E-state index contributed by atoms with van der Waals surface area (Å²) in [4.78, 5) is 0. The molecule has 4 heteroatoms. The molecule has 2 rings (SSSR count). The molecule has 0 fully saturated rings. The van der Waals surface area contributed by atoms with Crippen molar-refractivity contribution in [3.63, 3.8) is 0 Å². The average molecular weight is 338 g/mol. The number of rotatable bonds is 7. The maximum atomic E-state index is 6.03. The van der Waals surface area contributed by atoms with Gasteiger partial charge in [-0.25, -0.2) is 0 Å². The van der Waals surface area contributed by atoms with Crippen LogP contribution < -0.4 is 10.1 Å². The molecule has 0 aromatic heterocycles. The van der Waals surface area contributed by atoms with Crippen LogP contribution in [0.4, 0.5) is 0 Å². The van der Waals surface area contributed by atoms with Gasteiger partial charge in [0.1, 0.15) is 5.75 Å². The predicted octanol–water partition coefficient (Wildman–Crippen LogP) is 5.11. The Balaban J connectivity index is 1.77. The number of hydrogen-bond acceptors (Lipinski definition) is 2. The summed E-state index contributed by atoms with van der Waals surface area (Å²) in [5.74, 6) is 0.898. The number of benzene rings is 2. The van der Waals surface area contributed by atoms with Crippen LogP contribution in [0.3, 0.4) is 0 Å². The van der Waals surface area contributed by atoms with Gasteiger partial charge >= 0.3 is 0 Å². The summed E-state index contributed by atoms with van der Waals surface area (Å²) in [6, 6.07) is 14.4. The first-order valence-corrected chi connectivity index (χ1v) is 8.14. The van der Waals surface area contributed by atoms with Crippen LogP contribution in [0.25, 0.3) is 0 Å². The molecule has 0 aliphatic carbocycles. The van der Waals surface area contributed by atoms with E-state index < -0.39 is 0 Å². The van der Waals surface area contributed by atoms with Gasteiger partial charge in [0.15, 0.2) is 0 Å². The molecule has 0 radical (unpaired) electrons. The molecule has 1 N–H and O–H groups in total. The fourth-order valence-electron chi connectivity index (χ4n) is 2.22. The quantitative estimate of drug-likeness (QED) is 0.757. The molecular formula is C18H21Cl2NO. The van der Waals surface area contributed by atoms with Gasteiger partial charge in [0, 0.05) is 12.6 Å². The SMILES string of the molecule is COc1ccc(CC[C@H](C)NCc2ccc(Cl)c(Cl)c2)cc1.